The Kier molecular flexibility index (Phi) is 7.72. The van der Waals surface area contributed by atoms with Crippen LogP contribution in [-0.2, 0) is 0 Å². The van der Waals surface area contributed by atoms with E-state index in [4.69, 9.17) is 5.11 Å². The van der Waals surface area contributed by atoms with Crippen LogP contribution in [0.5, 0.6) is 17.2 Å². The smallest absolute Gasteiger partial charge is 0.873 e. The molecule has 1 aromatic rings. The van der Waals surface area contributed by atoms with Crippen LogP contribution in [0.2, 0.25) is 0 Å². The second-order valence-corrected chi connectivity index (χ2v) is 2.11. The average Bonchev–Trinajstić information content (AvgIpc) is 1.82. The molecule has 0 heterocycles. The number of phenols is 1. The molecule has 0 fully saturated rings. The molecular formula is C7H6Na2O3. The van der Waals surface area contributed by atoms with Gasteiger partial charge in [-0.05, 0) is 18.6 Å². The molecule has 0 saturated carbocycles. The fourth-order valence-electron chi connectivity index (χ4n) is 0.721. The third-order valence-electron chi connectivity index (χ3n) is 1.18. The molecular weight excluding hydrogens is 178 g/mol. The first-order valence-corrected chi connectivity index (χ1v) is 2.79. The van der Waals surface area contributed by atoms with Gasteiger partial charge in [-0.25, -0.2) is 0 Å². The van der Waals surface area contributed by atoms with Gasteiger partial charge in [-0.3, -0.25) is 0 Å². The van der Waals surface area contributed by atoms with E-state index in [9.17, 15) is 10.2 Å². The Hall–Kier alpha value is 0.620. The van der Waals surface area contributed by atoms with Gasteiger partial charge in [0.2, 0.25) is 0 Å². The summed E-state index contributed by atoms with van der Waals surface area (Å²) in [6, 6.07) is 2.46. The Balaban J connectivity index is 0. The minimum absolute atomic E-state index is 0. The second-order valence-electron chi connectivity index (χ2n) is 2.11. The van der Waals surface area contributed by atoms with Gasteiger partial charge in [0.15, 0.2) is 0 Å². The SMILES string of the molecule is Cc1cc([O-])c([O-])c(O)c1.[Na+].[Na+]. The van der Waals surface area contributed by atoms with Crippen LogP contribution in [0.15, 0.2) is 12.1 Å². The summed E-state index contributed by atoms with van der Waals surface area (Å²) in [4.78, 5) is 0. The van der Waals surface area contributed by atoms with Crippen molar-refractivity contribution in [1.82, 2.24) is 0 Å². The van der Waals surface area contributed by atoms with Crippen LogP contribution < -0.4 is 69.3 Å². The number of phenolic OH excluding ortho intramolecular Hbond substituents is 1. The maximum absolute atomic E-state index is 10.6. The van der Waals surface area contributed by atoms with Crippen LogP contribution in [0.25, 0.3) is 0 Å². The molecule has 5 heteroatoms. The Morgan fingerprint density at radius 3 is 2.08 bits per heavy atom. The molecule has 54 valence electrons. The van der Waals surface area contributed by atoms with E-state index >= 15 is 0 Å². The molecule has 12 heavy (non-hydrogen) atoms. The summed E-state index contributed by atoms with van der Waals surface area (Å²) in [7, 11) is 0. The predicted octanol–water partition coefficient (Wildman–Crippen LogP) is -6.14. The van der Waals surface area contributed by atoms with Crippen LogP contribution in [0.4, 0.5) is 0 Å². The molecule has 0 radical (unpaired) electrons. The van der Waals surface area contributed by atoms with Crippen LogP contribution in [0.3, 0.4) is 0 Å². The maximum Gasteiger partial charge on any atom is 1.00 e. The zero-order chi connectivity index (χ0) is 7.72. The van der Waals surface area contributed by atoms with Crippen molar-refractivity contribution in [3.63, 3.8) is 0 Å². The van der Waals surface area contributed by atoms with Crippen molar-refractivity contribution in [3.8, 4) is 17.2 Å². The molecule has 1 rings (SSSR count). The molecule has 0 atom stereocenters. The van der Waals surface area contributed by atoms with Gasteiger partial charge in [0, 0.05) is 0 Å². The van der Waals surface area contributed by atoms with E-state index in [2.05, 4.69) is 0 Å². The first-order chi connectivity index (χ1) is 4.61. The third kappa shape index (κ3) is 3.56. The fourth-order valence-corrected chi connectivity index (χ4v) is 0.721. The number of hydrogen-bond donors (Lipinski definition) is 1. The summed E-state index contributed by atoms with van der Waals surface area (Å²) < 4.78 is 0. The normalized spacial score (nSPS) is 8.08. The van der Waals surface area contributed by atoms with Gasteiger partial charge < -0.3 is 15.3 Å². The maximum atomic E-state index is 10.6. The number of rotatable bonds is 0. The molecule has 3 nitrogen and oxygen atoms in total. The van der Waals surface area contributed by atoms with Gasteiger partial charge in [0.1, 0.15) is 5.75 Å². The van der Waals surface area contributed by atoms with Gasteiger partial charge >= 0.3 is 59.1 Å². The summed E-state index contributed by atoms with van der Waals surface area (Å²) in [6.45, 7) is 1.64. The van der Waals surface area contributed by atoms with Crippen LogP contribution >= 0.6 is 0 Å². The van der Waals surface area contributed by atoms with Gasteiger partial charge in [0.05, 0.1) is 0 Å². The van der Waals surface area contributed by atoms with E-state index in [1.54, 1.807) is 6.92 Å². The molecule has 1 N–H and O–H groups in total. The minimum Gasteiger partial charge on any atom is -0.873 e. The summed E-state index contributed by atoms with van der Waals surface area (Å²) in [5.41, 5.74) is 0.599. The summed E-state index contributed by atoms with van der Waals surface area (Å²) >= 11 is 0. The third-order valence-corrected chi connectivity index (χ3v) is 1.18. The molecule has 1 aromatic carbocycles. The number of hydrogen-bond acceptors (Lipinski definition) is 3. The fraction of sp³-hybridized carbons (Fsp3) is 0.143. The molecule has 0 aliphatic heterocycles. The molecule has 0 aliphatic rings. The Morgan fingerprint density at radius 2 is 1.67 bits per heavy atom. The zero-order valence-corrected chi connectivity index (χ0v) is 11.4. The van der Waals surface area contributed by atoms with Crippen molar-refractivity contribution >= 4 is 0 Å². The second kappa shape index (κ2) is 6.13. The van der Waals surface area contributed by atoms with Crippen molar-refractivity contribution in [2.45, 2.75) is 6.92 Å². The van der Waals surface area contributed by atoms with Gasteiger partial charge in [0.25, 0.3) is 0 Å². The summed E-state index contributed by atoms with van der Waals surface area (Å²) in [5, 5.41) is 29.9. The topological polar surface area (TPSA) is 66.3 Å². The average molecular weight is 184 g/mol. The molecule has 0 bridgehead atoms. The van der Waals surface area contributed by atoms with E-state index in [-0.39, 0.29) is 59.1 Å². The van der Waals surface area contributed by atoms with E-state index in [0.29, 0.717) is 5.56 Å². The largest absolute Gasteiger partial charge is 1.00 e. The van der Waals surface area contributed by atoms with E-state index in [0.717, 1.165) is 0 Å². The van der Waals surface area contributed by atoms with E-state index < -0.39 is 17.2 Å². The van der Waals surface area contributed by atoms with Crippen LogP contribution in [0.1, 0.15) is 5.56 Å². The van der Waals surface area contributed by atoms with Crippen molar-refractivity contribution < 1.29 is 74.4 Å². The number of aromatic hydroxyl groups is 1. The van der Waals surface area contributed by atoms with Gasteiger partial charge in [-0.15, -0.1) is 5.75 Å². The monoisotopic (exact) mass is 184 g/mol. The van der Waals surface area contributed by atoms with Crippen molar-refractivity contribution in [1.29, 1.82) is 0 Å². The standard InChI is InChI=1S/C7H8O3.2Na/c1-4-2-5(8)7(10)6(9)3-4;;/h2-3,8-10H,1H3;;/q;2*+1/p-2. The predicted molar refractivity (Wildman–Crippen MR) is 31.7 cm³/mol. The number of benzene rings is 1. The van der Waals surface area contributed by atoms with Crippen molar-refractivity contribution in [2.75, 3.05) is 0 Å². The van der Waals surface area contributed by atoms with Crippen LogP contribution in [0, 0.1) is 6.92 Å². The van der Waals surface area contributed by atoms with Crippen molar-refractivity contribution in [2.24, 2.45) is 0 Å². The van der Waals surface area contributed by atoms with E-state index in [1.807, 2.05) is 0 Å². The quantitative estimate of drug-likeness (QED) is 0.408. The summed E-state index contributed by atoms with van der Waals surface area (Å²) in [5.74, 6) is -1.95. The Bertz CT molecular complexity index is 240. The minimum atomic E-state index is -0.828. The van der Waals surface area contributed by atoms with Gasteiger partial charge in [-0.1, -0.05) is 11.8 Å². The molecule has 0 unspecified atom stereocenters. The van der Waals surface area contributed by atoms with E-state index in [1.165, 1.54) is 12.1 Å². The molecule has 0 aliphatic carbocycles. The Labute approximate surface area is 115 Å². The van der Waals surface area contributed by atoms with Crippen molar-refractivity contribution in [3.05, 3.63) is 17.7 Å². The molecule has 0 aromatic heterocycles. The van der Waals surface area contributed by atoms with Gasteiger partial charge in [-0.2, -0.15) is 0 Å². The molecule has 0 saturated heterocycles. The van der Waals surface area contributed by atoms with Crippen LogP contribution in [-0.4, -0.2) is 5.11 Å². The first kappa shape index (κ1) is 15.1. The molecule has 0 spiro atoms. The summed E-state index contributed by atoms with van der Waals surface area (Å²) in [6.07, 6.45) is 0. The zero-order valence-electron chi connectivity index (χ0n) is 7.42. The first-order valence-electron chi connectivity index (χ1n) is 2.79. The number of aryl methyl sites for hydroxylation is 1. The molecule has 0 amide bonds. The Morgan fingerprint density at radius 1 is 1.17 bits per heavy atom.